The van der Waals surface area contributed by atoms with Crippen LogP contribution in [0.4, 0.5) is 4.79 Å². The lowest BCUT2D eigenvalue weighted by atomic mass is 10.1. The van der Waals surface area contributed by atoms with Crippen LogP contribution in [0.2, 0.25) is 0 Å². The molecule has 0 spiro atoms. The van der Waals surface area contributed by atoms with E-state index in [0.29, 0.717) is 23.6 Å². The van der Waals surface area contributed by atoms with Gasteiger partial charge in [0.15, 0.2) is 0 Å². The Balaban J connectivity index is 1.54. The largest absolute Gasteiger partial charge is 0.465 e. The number of aromatic nitrogens is 1. The average Bonchev–Trinajstić information content (AvgIpc) is 3.28. The number of benzene rings is 1. The molecule has 8 nitrogen and oxygen atoms in total. The molecule has 0 bridgehead atoms. The van der Waals surface area contributed by atoms with Crippen molar-refractivity contribution in [2.75, 3.05) is 26.7 Å². The summed E-state index contributed by atoms with van der Waals surface area (Å²) in [6.07, 6.45) is 4.71. The van der Waals surface area contributed by atoms with E-state index < -0.39 is 17.1 Å². The van der Waals surface area contributed by atoms with Gasteiger partial charge in [0, 0.05) is 30.2 Å². The first-order valence-corrected chi connectivity index (χ1v) is 12.0. The van der Waals surface area contributed by atoms with Crippen molar-refractivity contribution < 1.29 is 23.9 Å². The Bertz CT molecular complexity index is 1180. The molecule has 178 valence electrons. The Morgan fingerprint density at radius 2 is 1.74 bits per heavy atom. The summed E-state index contributed by atoms with van der Waals surface area (Å²) in [6.45, 7) is 5.02. The number of esters is 1. The first-order valence-electron chi connectivity index (χ1n) is 11.2. The second kappa shape index (κ2) is 9.89. The lowest BCUT2D eigenvalue weighted by Gasteiger charge is -2.27. The second-order valence-corrected chi connectivity index (χ2v) is 9.40. The molecular weight excluding hydrogens is 454 g/mol. The highest BCUT2D eigenvalue weighted by atomic mass is 32.2. The summed E-state index contributed by atoms with van der Waals surface area (Å²) in [5.41, 5.74) is 3.96. The van der Waals surface area contributed by atoms with Crippen LogP contribution in [0.25, 0.3) is 11.8 Å². The smallest absolute Gasteiger partial charge is 0.337 e. The van der Waals surface area contributed by atoms with Gasteiger partial charge >= 0.3 is 5.97 Å². The number of ether oxygens (including phenoxy) is 1. The summed E-state index contributed by atoms with van der Waals surface area (Å²) < 4.78 is 6.76. The van der Waals surface area contributed by atoms with E-state index in [1.165, 1.54) is 7.11 Å². The number of rotatable bonds is 5. The zero-order valence-corrected chi connectivity index (χ0v) is 20.3. The highest BCUT2D eigenvalue weighted by Crippen LogP contribution is 2.34. The minimum Gasteiger partial charge on any atom is -0.465 e. The van der Waals surface area contributed by atoms with Crippen molar-refractivity contribution in [3.05, 3.63) is 57.8 Å². The summed E-state index contributed by atoms with van der Waals surface area (Å²) in [6, 6.07) is 9.00. The molecule has 3 amide bonds. The number of hydrogen-bond donors (Lipinski definition) is 0. The number of amides is 3. The number of imide groups is 1. The number of carbonyl (C=O) groups excluding carboxylic acids is 4. The van der Waals surface area contributed by atoms with Crippen LogP contribution >= 0.6 is 11.8 Å². The molecule has 2 aliphatic rings. The quantitative estimate of drug-likeness (QED) is 0.475. The molecule has 2 aromatic rings. The number of thioether (sulfide) groups is 1. The number of likely N-dealkylation sites (tertiary alicyclic amines) is 1. The highest BCUT2D eigenvalue weighted by molar-refractivity contribution is 8.18. The molecule has 1 aromatic carbocycles. The van der Waals surface area contributed by atoms with Crippen molar-refractivity contribution in [1.29, 1.82) is 0 Å². The van der Waals surface area contributed by atoms with Crippen LogP contribution in [0.1, 0.15) is 46.6 Å². The molecule has 0 N–H and O–H groups in total. The number of methoxy groups -OCH3 is 1. The summed E-state index contributed by atoms with van der Waals surface area (Å²) in [4.78, 5) is 52.8. The third kappa shape index (κ3) is 4.65. The van der Waals surface area contributed by atoms with Crippen LogP contribution < -0.4 is 0 Å². The third-order valence-electron chi connectivity index (χ3n) is 6.18. The molecule has 34 heavy (non-hydrogen) atoms. The maximum absolute atomic E-state index is 12.9. The van der Waals surface area contributed by atoms with Crippen LogP contribution in [0.15, 0.2) is 35.2 Å². The molecule has 1 aromatic heterocycles. The minimum absolute atomic E-state index is 0.183. The van der Waals surface area contributed by atoms with Gasteiger partial charge < -0.3 is 14.2 Å². The topological polar surface area (TPSA) is 88.9 Å². The van der Waals surface area contributed by atoms with Crippen LogP contribution in [0.3, 0.4) is 0 Å². The Hall–Kier alpha value is -3.33. The molecule has 4 rings (SSSR count). The molecule has 0 aliphatic carbocycles. The fourth-order valence-corrected chi connectivity index (χ4v) is 5.18. The number of piperidine rings is 1. The molecular formula is C25H27N3O5S. The lowest BCUT2D eigenvalue weighted by Crippen LogP contribution is -2.44. The Morgan fingerprint density at radius 1 is 1.06 bits per heavy atom. The van der Waals surface area contributed by atoms with Gasteiger partial charge in [-0.2, -0.15) is 0 Å². The molecule has 9 heteroatoms. The monoisotopic (exact) mass is 481 g/mol. The first kappa shape index (κ1) is 23.8. The van der Waals surface area contributed by atoms with E-state index >= 15 is 0 Å². The third-order valence-corrected chi connectivity index (χ3v) is 7.09. The molecule has 2 aliphatic heterocycles. The summed E-state index contributed by atoms with van der Waals surface area (Å²) in [5.74, 6) is -1.02. The van der Waals surface area contributed by atoms with Gasteiger partial charge in [0.1, 0.15) is 6.54 Å². The van der Waals surface area contributed by atoms with E-state index in [1.807, 2.05) is 36.6 Å². The normalized spacial score (nSPS) is 17.6. The van der Waals surface area contributed by atoms with Crippen molar-refractivity contribution in [2.24, 2.45) is 0 Å². The van der Waals surface area contributed by atoms with Gasteiger partial charge in [0.2, 0.25) is 5.91 Å². The maximum Gasteiger partial charge on any atom is 0.337 e. The second-order valence-electron chi connectivity index (χ2n) is 8.41. The minimum atomic E-state index is -0.437. The van der Waals surface area contributed by atoms with Crippen molar-refractivity contribution in [1.82, 2.24) is 14.4 Å². The van der Waals surface area contributed by atoms with E-state index in [0.717, 1.165) is 58.6 Å². The number of carbonyl (C=O) groups is 4. The van der Waals surface area contributed by atoms with Crippen molar-refractivity contribution in [3.63, 3.8) is 0 Å². The van der Waals surface area contributed by atoms with E-state index in [-0.39, 0.29) is 12.5 Å². The Morgan fingerprint density at radius 3 is 2.38 bits per heavy atom. The SMILES string of the molecule is COC(=O)c1ccc(-n2c(C)cc(C=C3SC(=O)N(CC(=O)N4CCCCC4)C3=O)c2C)cc1. The molecule has 2 saturated heterocycles. The van der Waals surface area contributed by atoms with Crippen molar-refractivity contribution in [3.8, 4) is 5.69 Å². The van der Waals surface area contributed by atoms with E-state index in [4.69, 9.17) is 4.74 Å². The standard InChI is InChI=1S/C25H27N3O5S/c1-16-13-19(17(2)28(16)20-9-7-18(8-10-20)24(31)33-3)14-21-23(30)27(25(32)34-21)15-22(29)26-11-5-4-6-12-26/h7-10,13-14H,4-6,11-12,15H2,1-3H3. The van der Waals surface area contributed by atoms with Gasteiger partial charge in [-0.1, -0.05) is 0 Å². The van der Waals surface area contributed by atoms with E-state index in [2.05, 4.69) is 0 Å². The van der Waals surface area contributed by atoms with Gasteiger partial charge in [-0.25, -0.2) is 4.79 Å². The van der Waals surface area contributed by atoms with E-state index in [1.54, 1.807) is 23.1 Å². The van der Waals surface area contributed by atoms with Crippen LogP contribution in [-0.2, 0) is 14.3 Å². The van der Waals surface area contributed by atoms with Crippen molar-refractivity contribution in [2.45, 2.75) is 33.1 Å². The van der Waals surface area contributed by atoms with Gasteiger partial charge in [0.25, 0.3) is 11.1 Å². The van der Waals surface area contributed by atoms with Crippen molar-refractivity contribution >= 4 is 40.9 Å². The van der Waals surface area contributed by atoms with Gasteiger partial charge in [-0.15, -0.1) is 0 Å². The van der Waals surface area contributed by atoms with Crippen LogP contribution in [0.5, 0.6) is 0 Å². The molecule has 0 saturated carbocycles. The van der Waals surface area contributed by atoms with Gasteiger partial charge in [-0.05, 0) is 86.8 Å². The summed E-state index contributed by atoms with van der Waals surface area (Å²) in [7, 11) is 1.34. The van der Waals surface area contributed by atoms with Crippen LogP contribution in [-0.4, -0.2) is 64.1 Å². The lowest BCUT2D eigenvalue weighted by molar-refractivity contribution is -0.136. The van der Waals surface area contributed by atoms with Gasteiger partial charge in [-0.3, -0.25) is 19.3 Å². The fraction of sp³-hybridized carbons (Fsp3) is 0.360. The predicted molar refractivity (Wildman–Crippen MR) is 130 cm³/mol. The number of hydrogen-bond acceptors (Lipinski definition) is 6. The molecule has 3 heterocycles. The predicted octanol–water partition coefficient (Wildman–Crippen LogP) is 3.93. The summed E-state index contributed by atoms with van der Waals surface area (Å²) in [5, 5.41) is -0.422. The average molecular weight is 482 g/mol. The zero-order chi connectivity index (χ0) is 24.4. The Labute approximate surface area is 202 Å². The Kier molecular flexibility index (Phi) is 6.92. The number of aryl methyl sites for hydroxylation is 1. The fourth-order valence-electron chi connectivity index (χ4n) is 4.35. The van der Waals surface area contributed by atoms with Gasteiger partial charge in [0.05, 0.1) is 17.6 Å². The molecule has 0 atom stereocenters. The maximum atomic E-state index is 12.9. The number of nitrogens with zero attached hydrogens (tertiary/aromatic N) is 3. The summed E-state index contributed by atoms with van der Waals surface area (Å²) >= 11 is 0.860. The van der Waals surface area contributed by atoms with Crippen LogP contribution in [0, 0.1) is 13.8 Å². The zero-order valence-electron chi connectivity index (χ0n) is 19.5. The molecule has 0 unspecified atom stereocenters. The molecule has 2 fully saturated rings. The van der Waals surface area contributed by atoms with E-state index in [9.17, 15) is 19.2 Å². The first-order chi connectivity index (χ1) is 16.3. The molecule has 0 radical (unpaired) electrons. The highest BCUT2D eigenvalue weighted by Gasteiger charge is 2.37.